The molecule has 1 atom stereocenters. The smallest absolute Gasteiger partial charge is 0.193 e. The van der Waals surface area contributed by atoms with Crippen molar-refractivity contribution in [1.29, 1.82) is 0 Å². The SMILES string of the molecule is CN=C(NCC1CCCN(Cc2cccs2)C1)N1CCN(c2cccc(OC)c2)CC1.I. The zero-order valence-corrected chi connectivity index (χ0v) is 22.4. The van der Waals surface area contributed by atoms with Crippen LogP contribution in [0.15, 0.2) is 46.8 Å². The Morgan fingerprint density at radius 1 is 1.16 bits per heavy atom. The average Bonchev–Trinajstić information content (AvgIpc) is 3.33. The van der Waals surface area contributed by atoms with Gasteiger partial charge in [0.1, 0.15) is 5.75 Å². The highest BCUT2D eigenvalue weighted by Gasteiger charge is 2.23. The number of piperazine rings is 1. The number of guanidine groups is 1. The lowest BCUT2D eigenvalue weighted by Gasteiger charge is -2.38. The van der Waals surface area contributed by atoms with E-state index in [0.29, 0.717) is 5.92 Å². The number of halogens is 1. The van der Waals surface area contributed by atoms with Gasteiger partial charge >= 0.3 is 0 Å². The van der Waals surface area contributed by atoms with Gasteiger partial charge < -0.3 is 19.9 Å². The number of likely N-dealkylation sites (tertiary alicyclic amines) is 1. The van der Waals surface area contributed by atoms with Crippen LogP contribution in [0.25, 0.3) is 0 Å². The zero-order chi connectivity index (χ0) is 21.5. The highest BCUT2D eigenvalue weighted by atomic mass is 127. The molecule has 0 amide bonds. The Labute approximate surface area is 213 Å². The summed E-state index contributed by atoms with van der Waals surface area (Å²) in [4.78, 5) is 13.5. The van der Waals surface area contributed by atoms with Crippen LogP contribution < -0.4 is 15.0 Å². The molecule has 1 unspecified atom stereocenters. The van der Waals surface area contributed by atoms with Crippen LogP contribution in [0.3, 0.4) is 0 Å². The molecule has 176 valence electrons. The minimum absolute atomic E-state index is 0. The van der Waals surface area contributed by atoms with E-state index >= 15 is 0 Å². The van der Waals surface area contributed by atoms with E-state index in [1.54, 1.807) is 7.11 Å². The molecule has 3 heterocycles. The summed E-state index contributed by atoms with van der Waals surface area (Å²) in [5.74, 6) is 2.64. The number of thiophene rings is 1. The van der Waals surface area contributed by atoms with Gasteiger partial charge in [-0.3, -0.25) is 9.89 Å². The maximum Gasteiger partial charge on any atom is 0.193 e. The molecule has 8 heteroatoms. The van der Waals surface area contributed by atoms with Gasteiger partial charge in [-0.25, -0.2) is 0 Å². The molecule has 2 fully saturated rings. The van der Waals surface area contributed by atoms with Gasteiger partial charge in [0.2, 0.25) is 0 Å². The molecule has 0 saturated carbocycles. The van der Waals surface area contributed by atoms with E-state index in [1.807, 2.05) is 24.5 Å². The molecular formula is C24H36IN5OS. The fraction of sp³-hybridized carbons (Fsp3) is 0.542. The molecule has 2 aliphatic heterocycles. The van der Waals surface area contributed by atoms with Gasteiger partial charge in [-0.05, 0) is 48.9 Å². The predicted octanol–water partition coefficient (Wildman–Crippen LogP) is 3.98. The lowest BCUT2D eigenvalue weighted by molar-refractivity contribution is 0.169. The Morgan fingerprint density at radius 3 is 2.72 bits per heavy atom. The molecule has 32 heavy (non-hydrogen) atoms. The van der Waals surface area contributed by atoms with Crippen molar-refractivity contribution in [1.82, 2.24) is 15.1 Å². The van der Waals surface area contributed by atoms with Crippen LogP contribution >= 0.6 is 35.3 Å². The van der Waals surface area contributed by atoms with Crippen LogP contribution in [0.1, 0.15) is 17.7 Å². The van der Waals surface area contributed by atoms with E-state index in [2.05, 4.69) is 60.7 Å². The van der Waals surface area contributed by atoms with Crippen LogP contribution in [-0.4, -0.2) is 75.7 Å². The van der Waals surface area contributed by atoms with Gasteiger partial charge in [-0.2, -0.15) is 0 Å². The Hall–Kier alpha value is -1.52. The molecular weight excluding hydrogens is 533 g/mol. The first kappa shape index (κ1) is 25.1. The van der Waals surface area contributed by atoms with Gasteiger partial charge in [-0.1, -0.05) is 12.1 Å². The summed E-state index contributed by atoms with van der Waals surface area (Å²) in [7, 11) is 3.63. The van der Waals surface area contributed by atoms with Crippen LogP contribution in [-0.2, 0) is 6.54 Å². The number of nitrogens with zero attached hydrogens (tertiary/aromatic N) is 4. The van der Waals surface area contributed by atoms with Gasteiger partial charge in [0, 0.05) is 69.5 Å². The van der Waals surface area contributed by atoms with Crippen molar-refractivity contribution in [3.05, 3.63) is 46.7 Å². The summed E-state index contributed by atoms with van der Waals surface area (Å²) in [5.41, 5.74) is 1.23. The van der Waals surface area contributed by atoms with Crippen LogP contribution in [0.5, 0.6) is 5.75 Å². The minimum atomic E-state index is 0. The zero-order valence-electron chi connectivity index (χ0n) is 19.2. The number of anilines is 1. The molecule has 0 aliphatic carbocycles. The summed E-state index contributed by atoms with van der Waals surface area (Å²) >= 11 is 1.86. The summed E-state index contributed by atoms with van der Waals surface area (Å²) < 4.78 is 5.38. The topological polar surface area (TPSA) is 43.3 Å². The summed E-state index contributed by atoms with van der Waals surface area (Å²) in [6, 6.07) is 12.7. The normalized spacial score (nSPS) is 20.1. The number of nitrogens with one attached hydrogen (secondary N) is 1. The van der Waals surface area contributed by atoms with Crippen molar-refractivity contribution in [3.8, 4) is 5.75 Å². The number of piperidine rings is 1. The molecule has 1 aromatic heterocycles. The second kappa shape index (κ2) is 12.6. The lowest BCUT2D eigenvalue weighted by Crippen LogP contribution is -2.53. The van der Waals surface area contributed by atoms with Crippen molar-refractivity contribution in [2.24, 2.45) is 10.9 Å². The number of aliphatic imine (C=N–C) groups is 1. The first-order chi connectivity index (χ1) is 15.2. The van der Waals surface area contributed by atoms with Crippen molar-refractivity contribution >= 4 is 47.0 Å². The van der Waals surface area contributed by atoms with Crippen LogP contribution in [0, 0.1) is 5.92 Å². The monoisotopic (exact) mass is 569 g/mol. The molecule has 6 nitrogen and oxygen atoms in total. The molecule has 2 aliphatic rings. The molecule has 0 bridgehead atoms. The Bertz CT molecular complexity index is 839. The number of ether oxygens (including phenoxy) is 1. The van der Waals surface area contributed by atoms with Crippen molar-refractivity contribution in [3.63, 3.8) is 0 Å². The van der Waals surface area contributed by atoms with E-state index in [-0.39, 0.29) is 24.0 Å². The van der Waals surface area contributed by atoms with E-state index in [4.69, 9.17) is 4.74 Å². The summed E-state index contributed by atoms with van der Waals surface area (Å²) in [6.45, 7) is 8.43. The third kappa shape index (κ3) is 6.74. The number of methoxy groups -OCH3 is 1. The fourth-order valence-corrected chi connectivity index (χ4v) is 5.38. The molecule has 2 aromatic rings. The maximum absolute atomic E-state index is 5.38. The van der Waals surface area contributed by atoms with Crippen molar-refractivity contribution < 1.29 is 4.74 Å². The molecule has 0 radical (unpaired) electrons. The highest BCUT2D eigenvalue weighted by Crippen LogP contribution is 2.23. The lowest BCUT2D eigenvalue weighted by atomic mass is 9.98. The number of hydrogen-bond acceptors (Lipinski definition) is 5. The third-order valence-corrected chi connectivity index (χ3v) is 7.18. The van der Waals surface area contributed by atoms with Gasteiger partial charge in [0.15, 0.2) is 5.96 Å². The highest BCUT2D eigenvalue weighted by molar-refractivity contribution is 14.0. The molecule has 4 rings (SSSR count). The summed E-state index contributed by atoms with van der Waals surface area (Å²) in [5, 5.41) is 5.85. The van der Waals surface area contributed by atoms with E-state index < -0.39 is 0 Å². The van der Waals surface area contributed by atoms with E-state index in [9.17, 15) is 0 Å². The largest absolute Gasteiger partial charge is 0.497 e. The number of rotatable bonds is 6. The first-order valence-electron chi connectivity index (χ1n) is 11.3. The fourth-order valence-electron chi connectivity index (χ4n) is 4.64. The Morgan fingerprint density at radius 2 is 2.00 bits per heavy atom. The van der Waals surface area contributed by atoms with Gasteiger partial charge in [0.05, 0.1) is 7.11 Å². The first-order valence-corrected chi connectivity index (χ1v) is 12.2. The molecule has 1 N–H and O–H groups in total. The minimum Gasteiger partial charge on any atom is -0.497 e. The Balaban J connectivity index is 0.00000289. The van der Waals surface area contributed by atoms with Crippen molar-refractivity contribution in [2.45, 2.75) is 19.4 Å². The predicted molar refractivity (Wildman–Crippen MR) is 146 cm³/mol. The summed E-state index contributed by atoms with van der Waals surface area (Å²) in [6.07, 6.45) is 2.59. The second-order valence-electron chi connectivity index (χ2n) is 8.43. The van der Waals surface area contributed by atoms with Crippen LogP contribution in [0.4, 0.5) is 5.69 Å². The molecule has 0 spiro atoms. The van der Waals surface area contributed by atoms with Crippen LogP contribution in [0.2, 0.25) is 0 Å². The van der Waals surface area contributed by atoms with Gasteiger partial charge in [0.25, 0.3) is 0 Å². The maximum atomic E-state index is 5.38. The number of benzene rings is 1. The third-order valence-electron chi connectivity index (χ3n) is 6.32. The van der Waals surface area contributed by atoms with E-state index in [1.165, 1.54) is 36.5 Å². The van der Waals surface area contributed by atoms with E-state index in [0.717, 1.165) is 51.0 Å². The molecule has 2 saturated heterocycles. The second-order valence-corrected chi connectivity index (χ2v) is 9.46. The number of hydrogen-bond donors (Lipinski definition) is 1. The Kier molecular flexibility index (Phi) is 9.92. The quantitative estimate of drug-likeness (QED) is 0.324. The van der Waals surface area contributed by atoms with Crippen molar-refractivity contribution in [2.75, 3.05) is 64.9 Å². The average molecular weight is 570 g/mol. The van der Waals surface area contributed by atoms with Gasteiger partial charge in [-0.15, -0.1) is 35.3 Å². The standard InChI is InChI=1S/C24H35N5OS.HI/c1-25-24(26-17-20-6-4-10-27(18-20)19-23-9-5-15-31-23)29-13-11-28(12-14-29)21-7-3-8-22(16-21)30-2;/h3,5,7-9,15-16,20H,4,6,10-14,17-19H2,1-2H3,(H,25,26);1H. The molecule has 1 aromatic carbocycles.